The van der Waals surface area contributed by atoms with Crippen LogP contribution in [0.3, 0.4) is 0 Å². The molecule has 0 aliphatic carbocycles. The highest BCUT2D eigenvalue weighted by Crippen LogP contribution is 2.37. The summed E-state index contributed by atoms with van der Waals surface area (Å²) in [7, 11) is 0. The van der Waals surface area contributed by atoms with Gasteiger partial charge in [0.25, 0.3) is 0 Å². The molecule has 208 valence electrons. The zero-order valence-electron chi connectivity index (χ0n) is 22.2. The first-order valence-electron chi connectivity index (χ1n) is 13.0. The van der Waals surface area contributed by atoms with E-state index in [0.717, 1.165) is 25.9 Å². The lowest BCUT2D eigenvalue weighted by Crippen LogP contribution is -2.38. The zero-order valence-corrected chi connectivity index (χ0v) is 23.0. The number of rotatable bonds is 9. The van der Waals surface area contributed by atoms with Crippen LogP contribution in [0.4, 0.5) is 10.3 Å². The Kier molecular flexibility index (Phi) is 8.75. The third-order valence-corrected chi connectivity index (χ3v) is 7.45. The minimum absolute atomic E-state index is 0.227. The van der Waals surface area contributed by atoms with Gasteiger partial charge in [-0.05, 0) is 68.1 Å². The molecular formula is C29H30FN6O3S-. The number of benzene rings is 2. The highest BCUT2D eigenvalue weighted by Gasteiger charge is 2.24. The van der Waals surface area contributed by atoms with Crippen molar-refractivity contribution < 1.29 is 17.9 Å². The molecule has 40 heavy (non-hydrogen) atoms. The quantitative estimate of drug-likeness (QED) is 0.251. The van der Waals surface area contributed by atoms with Crippen LogP contribution in [-0.2, 0) is 11.3 Å². The van der Waals surface area contributed by atoms with E-state index < -0.39 is 23.1 Å². The second-order valence-corrected chi connectivity index (χ2v) is 10.3. The minimum Gasteiger partial charge on any atom is -0.760 e. The van der Waals surface area contributed by atoms with Gasteiger partial charge in [-0.2, -0.15) is 0 Å². The molecule has 3 heterocycles. The van der Waals surface area contributed by atoms with Gasteiger partial charge in [-0.3, -0.25) is 4.21 Å². The fourth-order valence-electron chi connectivity index (χ4n) is 4.87. The zero-order chi connectivity index (χ0) is 28.1. The van der Waals surface area contributed by atoms with Crippen molar-refractivity contribution in [1.29, 1.82) is 0 Å². The Morgan fingerprint density at radius 3 is 2.67 bits per heavy atom. The molecule has 0 saturated carbocycles. The number of nitrogens with one attached hydrogen (secondary N) is 3. The molecule has 3 atom stereocenters. The Balaban J connectivity index is 1.46. The number of pyridine rings is 1. The SMILES string of the molecule is Cc1c(Oc2ncccc2-c2ccnc(N[C@H]3CCCNC3)n2)cc(F)c([C@@H](NS(=O)[O-])c2ccccc2)c1C. The van der Waals surface area contributed by atoms with Crippen LogP contribution in [0, 0.1) is 19.7 Å². The molecule has 5 rings (SSSR count). The average Bonchev–Trinajstić information content (AvgIpc) is 2.96. The van der Waals surface area contributed by atoms with Gasteiger partial charge in [0.2, 0.25) is 11.8 Å². The van der Waals surface area contributed by atoms with Crippen molar-refractivity contribution >= 4 is 17.2 Å². The Hall–Kier alpha value is -3.77. The fraction of sp³-hybridized carbons (Fsp3) is 0.276. The van der Waals surface area contributed by atoms with Crippen molar-refractivity contribution in [3.63, 3.8) is 0 Å². The number of halogens is 1. The molecule has 2 aromatic carbocycles. The first kappa shape index (κ1) is 27.8. The number of aromatic nitrogens is 3. The van der Waals surface area contributed by atoms with Gasteiger partial charge in [-0.25, -0.2) is 24.1 Å². The Bertz CT molecular complexity index is 1500. The summed E-state index contributed by atoms with van der Waals surface area (Å²) in [6.45, 7) is 5.41. The van der Waals surface area contributed by atoms with E-state index in [2.05, 4.69) is 30.3 Å². The molecule has 1 aliphatic heterocycles. The van der Waals surface area contributed by atoms with Gasteiger partial charge in [0.05, 0.1) is 17.3 Å². The number of hydrogen-bond donors (Lipinski definition) is 3. The van der Waals surface area contributed by atoms with Crippen LogP contribution in [-0.4, -0.2) is 42.8 Å². The number of anilines is 1. The van der Waals surface area contributed by atoms with E-state index >= 15 is 4.39 Å². The van der Waals surface area contributed by atoms with E-state index in [-0.39, 0.29) is 23.2 Å². The maximum Gasteiger partial charge on any atom is 0.228 e. The van der Waals surface area contributed by atoms with E-state index in [1.54, 1.807) is 62.6 Å². The lowest BCUT2D eigenvalue weighted by Gasteiger charge is -2.25. The van der Waals surface area contributed by atoms with Gasteiger partial charge in [0, 0.05) is 47.9 Å². The van der Waals surface area contributed by atoms with Crippen LogP contribution in [0.15, 0.2) is 67.0 Å². The van der Waals surface area contributed by atoms with E-state index in [1.165, 1.54) is 6.07 Å². The van der Waals surface area contributed by atoms with Gasteiger partial charge in [-0.1, -0.05) is 30.3 Å². The monoisotopic (exact) mass is 561 g/mol. The second kappa shape index (κ2) is 12.6. The van der Waals surface area contributed by atoms with Crippen molar-refractivity contribution in [1.82, 2.24) is 25.0 Å². The third-order valence-electron chi connectivity index (χ3n) is 7.03. The van der Waals surface area contributed by atoms with Crippen molar-refractivity contribution in [2.24, 2.45) is 0 Å². The van der Waals surface area contributed by atoms with E-state index in [4.69, 9.17) is 4.74 Å². The van der Waals surface area contributed by atoms with Gasteiger partial charge < -0.3 is 19.9 Å². The lowest BCUT2D eigenvalue weighted by molar-refractivity contribution is 0.453. The molecule has 4 aromatic rings. The van der Waals surface area contributed by atoms with E-state index in [9.17, 15) is 8.76 Å². The summed E-state index contributed by atoms with van der Waals surface area (Å²) in [5.74, 6) is 0.449. The molecule has 0 radical (unpaired) electrons. The predicted molar refractivity (Wildman–Crippen MR) is 151 cm³/mol. The van der Waals surface area contributed by atoms with Crippen molar-refractivity contribution in [3.8, 4) is 22.9 Å². The Labute approximate surface area is 235 Å². The van der Waals surface area contributed by atoms with Gasteiger partial charge in [0.1, 0.15) is 11.6 Å². The highest BCUT2D eigenvalue weighted by molar-refractivity contribution is 7.77. The first-order chi connectivity index (χ1) is 19.4. The summed E-state index contributed by atoms with van der Waals surface area (Å²) in [4.78, 5) is 13.5. The van der Waals surface area contributed by atoms with E-state index in [1.807, 2.05) is 12.1 Å². The minimum atomic E-state index is -2.61. The van der Waals surface area contributed by atoms with Gasteiger partial charge in [-0.15, -0.1) is 0 Å². The van der Waals surface area contributed by atoms with Crippen LogP contribution >= 0.6 is 0 Å². The normalized spacial score (nSPS) is 16.8. The molecule has 11 heteroatoms. The second-order valence-electron chi connectivity index (χ2n) is 9.63. The Morgan fingerprint density at radius 1 is 1.10 bits per heavy atom. The molecule has 9 nitrogen and oxygen atoms in total. The third kappa shape index (κ3) is 6.34. The maximum atomic E-state index is 15.7. The molecule has 0 spiro atoms. The number of piperidine rings is 1. The van der Waals surface area contributed by atoms with Crippen LogP contribution in [0.1, 0.15) is 41.1 Å². The molecule has 0 amide bonds. The van der Waals surface area contributed by atoms with Crippen LogP contribution in [0.25, 0.3) is 11.3 Å². The van der Waals surface area contributed by atoms with Crippen LogP contribution in [0.2, 0.25) is 0 Å². The standard InChI is InChI=1S/C29H31FN6O3S/c1-18-19(2)26(27(36-40(37)38)20-8-4-3-5-9-20)23(30)16-25(18)39-28-22(11-7-14-32-28)24-12-15-33-29(35-24)34-21-10-6-13-31-17-21/h3-5,7-9,11-12,14-16,21,27,31,36H,6,10,13,17H2,1-2H3,(H,37,38)(H,33,34,35)/p-1/t21-,27-/m0/s1. The lowest BCUT2D eigenvalue weighted by atomic mass is 9.92. The van der Waals surface area contributed by atoms with Crippen LogP contribution in [0.5, 0.6) is 11.6 Å². The number of hydrogen-bond acceptors (Lipinski definition) is 8. The Morgan fingerprint density at radius 2 is 1.93 bits per heavy atom. The largest absolute Gasteiger partial charge is 0.760 e. The summed E-state index contributed by atoms with van der Waals surface area (Å²) < 4.78 is 47.5. The smallest absolute Gasteiger partial charge is 0.228 e. The summed E-state index contributed by atoms with van der Waals surface area (Å²) in [6, 6.07) is 14.9. The summed E-state index contributed by atoms with van der Waals surface area (Å²) in [6.07, 6.45) is 5.40. The summed E-state index contributed by atoms with van der Waals surface area (Å²) in [5.41, 5.74) is 3.30. The predicted octanol–water partition coefficient (Wildman–Crippen LogP) is 4.72. The van der Waals surface area contributed by atoms with Gasteiger partial charge >= 0.3 is 0 Å². The van der Waals surface area contributed by atoms with Crippen molar-refractivity contribution in [2.45, 2.75) is 38.8 Å². The average molecular weight is 562 g/mol. The van der Waals surface area contributed by atoms with E-state index in [0.29, 0.717) is 33.9 Å². The molecule has 3 N–H and O–H groups in total. The molecule has 1 saturated heterocycles. The molecule has 0 bridgehead atoms. The topological polar surface area (TPSA) is 124 Å². The van der Waals surface area contributed by atoms with Crippen molar-refractivity contribution in [2.75, 3.05) is 18.4 Å². The molecule has 1 aliphatic rings. The van der Waals surface area contributed by atoms with Gasteiger partial charge in [0.15, 0.2) is 0 Å². The molecular weight excluding hydrogens is 531 g/mol. The molecule has 1 unspecified atom stereocenters. The summed E-state index contributed by atoms with van der Waals surface area (Å²) in [5, 5.41) is 6.75. The number of ether oxygens (including phenoxy) is 1. The highest BCUT2D eigenvalue weighted by atomic mass is 32.2. The fourth-order valence-corrected chi connectivity index (χ4v) is 5.32. The maximum absolute atomic E-state index is 15.7. The molecule has 2 aromatic heterocycles. The summed E-state index contributed by atoms with van der Waals surface area (Å²) >= 11 is -2.61. The van der Waals surface area contributed by atoms with Crippen LogP contribution < -0.4 is 20.1 Å². The number of nitrogens with zero attached hydrogens (tertiary/aromatic N) is 3. The van der Waals surface area contributed by atoms with Crippen molar-refractivity contribution in [3.05, 3.63) is 95.1 Å². The molecule has 1 fully saturated rings. The first-order valence-corrected chi connectivity index (χ1v) is 14.1.